The van der Waals surface area contributed by atoms with E-state index >= 15 is 0 Å². The van der Waals surface area contributed by atoms with Crippen LogP contribution in [0, 0.1) is 5.82 Å². The van der Waals surface area contributed by atoms with Gasteiger partial charge in [-0.25, -0.2) is 14.4 Å². The number of piperidine rings is 1. The Morgan fingerprint density at radius 2 is 1.95 bits per heavy atom. The maximum absolute atomic E-state index is 14.1. The van der Waals surface area contributed by atoms with Crippen molar-refractivity contribution in [1.29, 1.82) is 0 Å². The number of hydrogen-bond donors (Lipinski definition) is 1. The molecule has 39 heavy (non-hydrogen) atoms. The number of amides is 1. The minimum atomic E-state index is -0.392. The first kappa shape index (κ1) is 26.9. The van der Waals surface area contributed by atoms with Crippen molar-refractivity contribution in [1.82, 2.24) is 24.8 Å². The van der Waals surface area contributed by atoms with Gasteiger partial charge in [-0.05, 0) is 56.3 Å². The highest BCUT2D eigenvalue weighted by atomic mass is 35.5. The van der Waals surface area contributed by atoms with Crippen molar-refractivity contribution in [2.45, 2.75) is 31.9 Å². The van der Waals surface area contributed by atoms with Crippen LogP contribution in [-0.2, 0) is 20.2 Å². The smallest absolute Gasteiger partial charge is 0.251 e. The first-order valence-electron chi connectivity index (χ1n) is 12.9. The maximum atomic E-state index is 14.1. The summed E-state index contributed by atoms with van der Waals surface area (Å²) < 4.78 is 27.4. The lowest BCUT2D eigenvalue weighted by Crippen LogP contribution is -2.33. The number of nitrogens with zero attached hydrogens (tertiary/aromatic N) is 4. The number of aromatic nitrogens is 3. The van der Waals surface area contributed by atoms with Gasteiger partial charge in [-0.15, -0.1) is 0 Å². The SMILES string of the molecule is CNC(=O)c1cc(OC)c2nc(CN3CCC(c4cccc(OCc5ccc(Cl)cc5F)n4)CC3)n(C)c2c1. The summed E-state index contributed by atoms with van der Waals surface area (Å²) >= 11 is 5.84. The van der Waals surface area contributed by atoms with Crippen molar-refractivity contribution in [3.63, 3.8) is 0 Å². The molecule has 0 spiro atoms. The van der Waals surface area contributed by atoms with Gasteiger partial charge >= 0.3 is 0 Å². The third-order valence-corrected chi connectivity index (χ3v) is 7.50. The Hall–Kier alpha value is -3.69. The number of imidazole rings is 1. The first-order chi connectivity index (χ1) is 18.9. The summed E-state index contributed by atoms with van der Waals surface area (Å²) in [6.07, 6.45) is 1.91. The topological polar surface area (TPSA) is 81.5 Å². The Morgan fingerprint density at radius 1 is 1.15 bits per heavy atom. The average molecular weight is 552 g/mol. The van der Waals surface area contributed by atoms with Crippen LogP contribution >= 0.6 is 11.6 Å². The van der Waals surface area contributed by atoms with Crippen molar-refractivity contribution in [3.05, 3.63) is 82.0 Å². The van der Waals surface area contributed by atoms with Gasteiger partial charge in [0.1, 0.15) is 29.5 Å². The van der Waals surface area contributed by atoms with Crippen molar-refractivity contribution in [2.24, 2.45) is 7.05 Å². The third-order valence-electron chi connectivity index (χ3n) is 7.26. The van der Waals surface area contributed by atoms with E-state index in [4.69, 9.17) is 31.0 Å². The van der Waals surface area contributed by atoms with Crippen LogP contribution in [0.5, 0.6) is 11.6 Å². The molecule has 0 unspecified atom stereocenters. The number of carbonyl (C=O) groups excluding carboxylic acids is 1. The molecule has 3 heterocycles. The van der Waals surface area contributed by atoms with E-state index in [0.717, 1.165) is 48.5 Å². The average Bonchev–Trinajstić information content (AvgIpc) is 3.27. The molecule has 1 aliphatic rings. The molecule has 0 saturated carbocycles. The highest BCUT2D eigenvalue weighted by Gasteiger charge is 2.24. The van der Waals surface area contributed by atoms with Gasteiger partial charge in [-0.2, -0.15) is 0 Å². The van der Waals surface area contributed by atoms with Crippen molar-refractivity contribution in [2.75, 3.05) is 27.2 Å². The standard InChI is InChI=1S/C29H31ClFN5O3/c1-32-29(37)20-13-24-28(25(14-20)38-3)34-26(35(24)2)16-36-11-9-18(10-12-36)23-5-4-6-27(33-23)39-17-19-7-8-21(30)15-22(19)31/h4-8,13-15,18H,9-12,16-17H2,1-3H3,(H,32,37). The number of methoxy groups -OCH3 is 1. The summed E-state index contributed by atoms with van der Waals surface area (Å²) in [5, 5.41) is 3.02. The number of hydrogen-bond acceptors (Lipinski definition) is 6. The van der Waals surface area contributed by atoms with Gasteiger partial charge in [0, 0.05) is 47.9 Å². The van der Waals surface area contributed by atoms with Gasteiger partial charge in [0.15, 0.2) is 0 Å². The van der Waals surface area contributed by atoms with Gasteiger partial charge < -0.3 is 19.4 Å². The van der Waals surface area contributed by atoms with Gasteiger partial charge in [0.25, 0.3) is 5.91 Å². The predicted molar refractivity (Wildman–Crippen MR) is 148 cm³/mol. The Morgan fingerprint density at radius 3 is 2.67 bits per heavy atom. The maximum Gasteiger partial charge on any atom is 0.251 e. The monoisotopic (exact) mass is 551 g/mol. The molecule has 0 radical (unpaired) electrons. The molecule has 8 nitrogen and oxygen atoms in total. The van der Waals surface area contributed by atoms with E-state index in [1.807, 2.05) is 29.8 Å². The van der Waals surface area contributed by atoms with Crippen LogP contribution in [0.15, 0.2) is 48.5 Å². The summed E-state index contributed by atoms with van der Waals surface area (Å²) in [7, 11) is 5.17. The molecule has 1 aliphatic heterocycles. The van der Waals surface area contributed by atoms with Crippen LogP contribution < -0.4 is 14.8 Å². The van der Waals surface area contributed by atoms with E-state index in [-0.39, 0.29) is 12.5 Å². The normalized spacial score (nSPS) is 14.5. The molecule has 1 N–H and O–H groups in total. The molecule has 0 aliphatic carbocycles. The second kappa shape index (κ2) is 11.6. The Bertz CT molecular complexity index is 1500. The largest absolute Gasteiger partial charge is 0.494 e. The number of likely N-dealkylation sites (tertiary alicyclic amines) is 1. The number of aryl methyl sites for hydroxylation is 1. The quantitative estimate of drug-likeness (QED) is 0.329. The van der Waals surface area contributed by atoms with Crippen molar-refractivity contribution < 1.29 is 18.7 Å². The molecule has 0 atom stereocenters. The van der Waals surface area contributed by atoms with Crippen molar-refractivity contribution in [3.8, 4) is 11.6 Å². The molecule has 1 fully saturated rings. The first-order valence-corrected chi connectivity index (χ1v) is 13.3. The molecule has 1 amide bonds. The second-order valence-corrected chi connectivity index (χ2v) is 10.1. The second-order valence-electron chi connectivity index (χ2n) is 9.69. The fourth-order valence-electron chi connectivity index (χ4n) is 4.99. The molecular weight excluding hydrogens is 521 g/mol. The van der Waals surface area contributed by atoms with Crippen molar-refractivity contribution >= 4 is 28.5 Å². The van der Waals surface area contributed by atoms with E-state index < -0.39 is 5.82 Å². The zero-order valence-electron chi connectivity index (χ0n) is 22.2. The van der Waals surface area contributed by atoms with E-state index in [2.05, 4.69) is 10.2 Å². The lowest BCUT2D eigenvalue weighted by Gasteiger charge is -2.31. The van der Waals surface area contributed by atoms with Gasteiger partial charge in [-0.3, -0.25) is 9.69 Å². The Labute approximate surface area is 231 Å². The number of carbonyl (C=O) groups is 1. The zero-order valence-corrected chi connectivity index (χ0v) is 23.0. The molecule has 2 aromatic heterocycles. The van der Waals surface area contributed by atoms with E-state index in [0.29, 0.717) is 40.2 Å². The number of halogens is 2. The van der Waals surface area contributed by atoms with Crippen LogP contribution in [0.3, 0.4) is 0 Å². The molecule has 4 aromatic rings. The third kappa shape index (κ3) is 5.84. The van der Waals surface area contributed by atoms with E-state index in [1.54, 1.807) is 38.4 Å². The summed E-state index contributed by atoms with van der Waals surface area (Å²) in [5.41, 5.74) is 3.56. The number of nitrogens with one attached hydrogen (secondary N) is 1. The summed E-state index contributed by atoms with van der Waals surface area (Å²) in [4.78, 5) is 24.2. The Kier molecular flexibility index (Phi) is 7.99. The molecular formula is C29H31ClFN5O3. The van der Waals surface area contributed by atoms with Crippen LogP contribution in [0.4, 0.5) is 4.39 Å². The van der Waals surface area contributed by atoms with Gasteiger partial charge in [0.2, 0.25) is 5.88 Å². The minimum Gasteiger partial charge on any atom is -0.494 e. The number of rotatable bonds is 8. The van der Waals surface area contributed by atoms with E-state index in [1.165, 1.54) is 6.07 Å². The predicted octanol–water partition coefficient (Wildman–Crippen LogP) is 5.09. The van der Waals surface area contributed by atoms with Crippen LogP contribution in [0.1, 0.15) is 46.2 Å². The number of pyridine rings is 1. The summed E-state index contributed by atoms with van der Waals surface area (Å²) in [5.74, 6) is 1.73. The molecule has 0 bridgehead atoms. The molecule has 1 saturated heterocycles. The Balaban J connectivity index is 1.23. The zero-order chi connectivity index (χ0) is 27.5. The lowest BCUT2D eigenvalue weighted by atomic mass is 9.93. The number of ether oxygens (including phenoxy) is 2. The van der Waals surface area contributed by atoms with Gasteiger partial charge in [0.05, 0.1) is 19.2 Å². The summed E-state index contributed by atoms with van der Waals surface area (Å²) in [6.45, 7) is 2.58. The highest BCUT2D eigenvalue weighted by molar-refractivity contribution is 6.30. The number of fused-ring (bicyclic) bond motifs is 1. The molecule has 10 heteroatoms. The fourth-order valence-corrected chi connectivity index (χ4v) is 5.15. The van der Waals surface area contributed by atoms with Crippen LogP contribution in [-0.4, -0.2) is 52.6 Å². The summed E-state index contributed by atoms with van der Waals surface area (Å²) in [6, 6.07) is 13.9. The van der Waals surface area contributed by atoms with E-state index in [9.17, 15) is 9.18 Å². The molecule has 5 rings (SSSR count). The molecule has 2 aromatic carbocycles. The van der Waals surface area contributed by atoms with Crippen LogP contribution in [0.2, 0.25) is 5.02 Å². The fraction of sp³-hybridized carbons (Fsp3) is 0.345. The molecule has 204 valence electrons. The lowest BCUT2D eigenvalue weighted by molar-refractivity contribution is 0.0963. The van der Waals surface area contributed by atoms with Gasteiger partial charge in [-0.1, -0.05) is 23.7 Å². The van der Waals surface area contributed by atoms with Crippen LogP contribution in [0.25, 0.3) is 11.0 Å². The number of benzene rings is 2. The minimum absolute atomic E-state index is 0.0886. The highest BCUT2D eigenvalue weighted by Crippen LogP contribution is 2.31.